The third-order valence-electron chi connectivity index (χ3n) is 3.17. The smallest absolute Gasteiger partial charge is 0.258 e. The minimum absolute atomic E-state index is 0.0512. The van der Waals surface area contributed by atoms with Crippen LogP contribution in [-0.2, 0) is 11.3 Å². The van der Waals surface area contributed by atoms with Gasteiger partial charge in [-0.15, -0.1) is 6.42 Å². The van der Waals surface area contributed by atoms with Crippen molar-refractivity contribution < 1.29 is 14.3 Å². The summed E-state index contributed by atoms with van der Waals surface area (Å²) >= 11 is 0. The fourth-order valence-corrected chi connectivity index (χ4v) is 1.85. The molecule has 0 aliphatic heterocycles. The molecular formula is C16H20N2O3. The van der Waals surface area contributed by atoms with Gasteiger partial charge < -0.3 is 20.1 Å². The summed E-state index contributed by atoms with van der Waals surface area (Å²) in [7, 11) is 1.63. The number of methoxy groups -OCH3 is 1. The molecule has 0 saturated heterocycles. The van der Waals surface area contributed by atoms with Crippen molar-refractivity contribution in [3.63, 3.8) is 0 Å². The zero-order valence-electron chi connectivity index (χ0n) is 12.1. The molecule has 0 aromatic heterocycles. The zero-order valence-corrected chi connectivity index (χ0v) is 12.1. The average molecular weight is 288 g/mol. The van der Waals surface area contributed by atoms with E-state index in [0.717, 1.165) is 11.3 Å². The van der Waals surface area contributed by atoms with Gasteiger partial charge in [-0.1, -0.05) is 5.92 Å². The Hall–Kier alpha value is -2.19. The molecule has 0 bridgehead atoms. The second-order valence-electron chi connectivity index (χ2n) is 4.90. The summed E-state index contributed by atoms with van der Waals surface area (Å²) < 4.78 is 10.8. The van der Waals surface area contributed by atoms with Crippen molar-refractivity contribution >= 4 is 5.91 Å². The quantitative estimate of drug-likeness (QED) is 0.703. The number of hydrogen-bond donors (Lipinski definition) is 2. The molecule has 112 valence electrons. The standard InChI is InChI=1S/C16H20N2O3/c1-3-8-17-16(19)11-21-15-7-6-14(20-2)9-12(15)10-18-13-4-5-13/h1,6-7,9,13,18H,4-5,8,10-11H2,2H3,(H,17,19). The van der Waals surface area contributed by atoms with Gasteiger partial charge in [-0.25, -0.2) is 0 Å². The highest BCUT2D eigenvalue weighted by Crippen LogP contribution is 2.26. The minimum atomic E-state index is -0.232. The first kappa shape index (κ1) is 15.2. The van der Waals surface area contributed by atoms with Gasteiger partial charge in [0.25, 0.3) is 5.91 Å². The van der Waals surface area contributed by atoms with Crippen LogP contribution in [-0.4, -0.2) is 32.2 Å². The van der Waals surface area contributed by atoms with Gasteiger partial charge in [-0.3, -0.25) is 4.79 Å². The number of benzene rings is 1. The van der Waals surface area contributed by atoms with E-state index >= 15 is 0 Å². The van der Waals surface area contributed by atoms with E-state index in [2.05, 4.69) is 16.6 Å². The maximum absolute atomic E-state index is 11.5. The highest BCUT2D eigenvalue weighted by Gasteiger charge is 2.21. The summed E-state index contributed by atoms with van der Waals surface area (Å²) in [6.07, 6.45) is 7.52. The van der Waals surface area contributed by atoms with Crippen molar-refractivity contribution in [1.29, 1.82) is 0 Å². The Bertz CT molecular complexity index is 533. The largest absolute Gasteiger partial charge is 0.497 e. The molecule has 0 unspecified atom stereocenters. The van der Waals surface area contributed by atoms with Crippen molar-refractivity contribution in [3.8, 4) is 23.8 Å². The summed E-state index contributed by atoms with van der Waals surface area (Å²) in [4.78, 5) is 11.5. The van der Waals surface area contributed by atoms with Gasteiger partial charge in [-0.2, -0.15) is 0 Å². The minimum Gasteiger partial charge on any atom is -0.497 e. The van der Waals surface area contributed by atoms with Crippen molar-refractivity contribution in [3.05, 3.63) is 23.8 Å². The lowest BCUT2D eigenvalue weighted by Gasteiger charge is -2.13. The van der Waals surface area contributed by atoms with Gasteiger partial charge in [0.05, 0.1) is 13.7 Å². The van der Waals surface area contributed by atoms with Crippen LogP contribution in [0.25, 0.3) is 0 Å². The third kappa shape index (κ3) is 5.01. The van der Waals surface area contributed by atoms with Crippen LogP contribution in [0, 0.1) is 12.3 Å². The second kappa shape index (κ2) is 7.55. The topological polar surface area (TPSA) is 59.6 Å². The van der Waals surface area contributed by atoms with Crippen LogP contribution in [0.3, 0.4) is 0 Å². The van der Waals surface area contributed by atoms with E-state index in [4.69, 9.17) is 15.9 Å². The molecule has 21 heavy (non-hydrogen) atoms. The number of nitrogens with one attached hydrogen (secondary N) is 2. The molecular weight excluding hydrogens is 268 g/mol. The van der Waals surface area contributed by atoms with Crippen molar-refractivity contribution in [2.45, 2.75) is 25.4 Å². The lowest BCUT2D eigenvalue weighted by Crippen LogP contribution is -2.29. The molecule has 1 aliphatic carbocycles. The summed E-state index contributed by atoms with van der Waals surface area (Å²) in [6.45, 7) is 0.856. The van der Waals surface area contributed by atoms with E-state index in [-0.39, 0.29) is 19.1 Å². The van der Waals surface area contributed by atoms with E-state index in [0.29, 0.717) is 18.3 Å². The molecule has 0 atom stereocenters. The first-order valence-electron chi connectivity index (χ1n) is 6.96. The average Bonchev–Trinajstić information content (AvgIpc) is 3.33. The molecule has 2 N–H and O–H groups in total. The third-order valence-corrected chi connectivity index (χ3v) is 3.17. The molecule has 1 aliphatic rings. The highest BCUT2D eigenvalue weighted by atomic mass is 16.5. The van der Waals surface area contributed by atoms with E-state index in [1.807, 2.05) is 18.2 Å². The van der Waals surface area contributed by atoms with Gasteiger partial charge in [-0.05, 0) is 31.0 Å². The predicted octanol–water partition coefficient (Wildman–Crippen LogP) is 1.08. The summed E-state index contributed by atoms with van der Waals surface area (Å²) in [5, 5.41) is 5.99. The number of carbonyl (C=O) groups is 1. The molecule has 5 nitrogen and oxygen atoms in total. The predicted molar refractivity (Wildman–Crippen MR) is 80.2 cm³/mol. The van der Waals surface area contributed by atoms with Crippen LogP contribution in [0.15, 0.2) is 18.2 Å². The lowest BCUT2D eigenvalue weighted by molar-refractivity contribution is -0.122. The molecule has 1 fully saturated rings. The molecule has 5 heteroatoms. The van der Waals surface area contributed by atoms with Gasteiger partial charge in [0.1, 0.15) is 11.5 Å². The monoisotopic (exact) mass is 288 g/mol. The number of terminal acetylenes is 1. The van der Waals surface area contributed by atoms with E-state index < -0.39 is 0 Å². The Morgan fingerprint density at radius 3 is 2.95 bits per heavy atom. The molecule has 1 amide bonds. The highest BCUT2D eigenvalue weighted by molar-refractivity contribution is 5.77. The molecule has 1 saturated carbocycles. The molecule has 0 heterocycles. The maximum Gasteiger partial charge on any atom is 0.258 e. The lowest BCUT2D eigenvalue weighted by atomic mass is 10.2. The first-order chi connectivity index (χ1) is 10.2. The summed E-state index contributed by atoms with van der Waals surface area (Å²) in [6, 6.07) is 6.15. The number of rotatable bonds is 8. The Balaban J connectivity index is 1.95. The Kier molecular flexibility index (Phi) is 5.47. The van der Waals surface area contributed by atoms with Crippen molar-refractivity contribution in [2.75, 3.05) is 20.3 Å². The zero-order chi connectivity index (χ0) is 15.1. The number of amides is 1. The van der Waals surface area contributed by atoms with Crippen molar-refractivity contribution in [1.82, 2.24) is 10.6 Å². The van der Waals surface area contributed by atoms with Crippen LogP contribution in [0.5, 0.6) is 11.5 Å². The van der Waals surface area contributed by atoms with E-state index in [9.17, 15) is 4.79 Å². The molecule has 0 radical (unpaired) electrons. The van der Waals surface area contributed by atoms with Crippen LogP contribution in [0.4, 0.5) is 0 Å². The van der Waals surface area contributed by atoms with E-state index in [1.165, 1.54) is 12.8 Å². The second-order valence-corrected chi connectivity index (χ2v) is 4.90. The van der Waals surface area contributed by atoms with Gasteiger partial charge in [0, 0.05) is 18.2 Å². The van der Waals surface area contributed by atoms with Gasteiger partial charge in [0.15, 0.2) is 6.61 Å². The molecule has 1 aromatic rings. The number of carbonyl (C=O) groups excluding carboxylic acids is 1. The van der Waals surface area contributed by atoms with Crippen molar-refractivity contribution in [2.24, 2.45) is 0 Å². The van der Waals surface area contributed by atoms with E-state index in [1.54, 1.807) is 7.11 Å². The Morgan fingerprint density at radius 2 is 2.29 bits per heavy atom. The van der Waals surface area contributed by atoms with Crippen LogP contribution < -0.4 is 20.1 Å². The van der Waals surface area contributed by atoms with Crippen LogP contribution >= 0.6 is 0 Å². The maximum atomic E-state index is 11.5. The molecule has 2 rings (SSSR count). The SMILES string of the molecule is C#CCNC(=O)COc1ccc(OC)cc1CNC1CC1. The van der Waals surface area contributed by atoms with Crippen LogP contribution in [0.1, 0.15) is 18.4 Å². The fraction of sp³-hybridized carbons (Fsp3) is 0.438. The Labute approximate surface area is 125 Å². The number of hydrogen-bond acceptors (Lipinski definition) is 4. The number of ether oxygens (including phenoxy) is 2. The fourth-order valence-electron chi connectivity index (χ4n) is 1.85. The summed E-state index contributed by atoms with van der Waals surface area (Å²) in [5.74, 6) is 3.57. The van der Waals surface area contributed by atoms with Gasteiger partial charge in [0.2, 0.25) is 0 Å². The normalized spacial score (nSPS) is 13.3. The first-order valence-corrected chi connectivity index (χ1v) is 6.96. The van der Waals surface area contributed by atoms with Gasteiger partial charge >= 0.3 is 0 Å². The summed E-state index contributed by atoms with van der Waals surface area (Å²) in [5.41, 5.74) is 0.978. The molecule has 0 spiro atoms. The Morgan fingerprint density at radius 1 is 1.48 bits per heavy atom. The molecule has 1 aromatic carbocycles. The van der Waals surface area contributed by atoms with Crippen LogP contribution in [0.2, 0.25) is 0 Å².